The van der Waals surface area contributed by atoms with Crippen molar-refractivity contribution >= 4 is 23.4 Å². The molecule has 1 heterocycles. The average Bonchev–Trinajstić information content (AvgIpc) is 2.72. The van der Waals surface area contributed by atoms with Crippen molar-refractivity contribution < 1.29 is 27.4 Å². The zero-order chi connectivity index (χ0) is 23.1. The summed E-state index contributed by atoms with van der Waals surface area (Å²) in [6, 6.07) is 13.4. The standard InChI is InChI=1S/C21H18F3N3O4S/c1-30-17-4-2-3-13(9-17)12-32-20-26-15(11-19(29)27-20)10-18(28)25-14-5-7-16(8-6-14)31-21(22,23)24/h2-9,11H,10,12H2,1H3,(H,25,28)(H,26,27,29). The van der Waals surface area contributed by atoms with Gasteiger partial charge in [-0.05, 0) is 42.0 Å². The molecule has 1 aromatic heterocycles. The number of thioether (sulfide) groups is 1. The van der Waals surface area contributed by atoms with Gasteiger partial charge in [-0.15, -0.1) is 13.2 Å². The Balaban J connectivity index is 1.60. The van der Waals surface area contributed by atoms with Gasteiger partial charge in [0.25, 0.3) is 5.56 Å². The molecule has 0 atom stereocenters. The van der Waals surface area contributed by atoms with E-state index in [1.165, 1.54) is 30.0 Å². The minimum Gasteiger partial charge on any atom is -0.497 e. The zero-order valence-corrected chi connectivity index (χ0v) is 17.5. The third-order valence-electron chi connectivity index (χ3n) is 4.00. The average molecular weight is 465 g/mol. The Morgan fingerprint density at radius 1 is 1.12 bits per heavy atom. The van der Waals surface area contributed by atoms with Crippen LogP contribution >= 0.6 is 11.8 Å². The van der Waals surface area contributed by atoms with Gasteiger partial charge in [-0.1, -0.05) is 23.9 Å². The van der Waals surface area contributed by atoms with E-state index in [0.29, 0.717) is 16.7 Å². The summed E-state index contributed by atoms with van der Waals surface area (Å²) in [5, 5.41) is 2.90. The highest BCUT2D eigenvalue weighted by Gasteiger charge is 2.30. The second-order valence-corrected chi connectivity index (χ2v) is 7.44. The van der Waals surface area contributed by atoms with Crippen molar-refractivity contribution in [2.75, 3.05) is 12.4 Å². The Morgan fingerprint density at radius 2 is 1.88 bits per heavy atom. The Kier molecular flexibility index (Phi) is 7.41. The number of carbonyl (C=O) groups excluding carboxylic acids is 1. The number of benzene rings is 2. The largest absolute Gasteiger partial charge is 0.573 e. The first-order valence-corrected chi connectivity index (χ1v) is 10.2. The third kappa shape index (κ3) is 7.34. The monoisotopic (exact) mass is 465 g/mol. The lowest BCUT2D eigenvalue weighted by Crippen LogP contribution is -2.18. The topological polar surface area (TPSA) is 93.3 Å². The van der Waals surface area contributed by atoms with Crippen LogP contribution in [0.4, 0.5) is 18.9 Å². The lowest BCUT2D eigenvalue weighted by atomic mass is 10.2. The maximum Gasteiger partial charge on any atom is 0.573 e. The Hall–Kier alpha value is -3.47. The molecule has 0 radical (unpaired) electrons. The minimum atomic E-state index is -4.79. The summed E-state index contributed by atoms with van der Waals surface area (Å²) in [5.74, 6) is 0.371. The summed E-state index contributed by atoms with van der Waals surface area (Å²) in [5.41, 5.74) is 1.11. The van der Waals surface area contributed by atoms with Gasteiger partial charge in [0.15, 0.2) is 5.16 Å². The highest BCUT2D eigenvalue weighted by atomic mass is 32.2. The van der Waals surface area contributed by atoms with Crippen LogP contribution in [0.25, 0.3) is 0 Å². The van der Waals surface area contributed by atoms with Crippen LogP contribution in [-0.4, -0.2) is 29.3 Å². The highest BCUT2D eigenvalue weighted by molar-refractivity contribution is 7.98. The van der Waals surface area contributed by atoms with E-state index in [-0.39, 0.29) is 17.8 Å². The molecule has 0 aliphatic carbocycles. The van der Waals surface area contributed by atoms with Crippen LogP contribution in [-0.2, 0) is 17.0 Å². The fraction of sp³-hybridized carbons (Fsp3) is 0.190. The first kappa shape index (κ1) is 23.2. The Bertz CT molecular complexity index is 1130. The molecule has 0 aliphatic rings. The molecule has 0 saturated heterocycles. The molecule has 168 valence electrons. The number of hydrogen-bond acceptors (Lipinski definition) is 6. The van der Waals surface area contributed by atoms with Gasteiger partial charge in [0, 0.05) is 17.5 Å². The van der Waals surface area contributed by atoms with Crippen molar-refractivity contribution in [3.63, 3.8) is 0 Å². The van der Waals surface area contributed by atoms with E-state index in [2.05, 4.69) is 20.0 Å². The van der Waals surface area contributed by atoms with E-state index in [0.717, 1.165) is 17.7 Å². The predicted molar refractivity (Wildman–Crippen MR) is 113 cm³/mol. The molecule has 0 spiro atoms. The van der Waals surface area contributed by atoms with Crippen molar-refractivity contribution in [1.82, 2.24) is 9.97 Å². The smallest absolute Gasteiger partial charge is 0.497 e. The van der Waals surface area contributed by atoms with Gasteiger partial charge in [0.05, 0.1) is 19.2 Å². The van der Waals surface area contributed by atoms with Gasteiger partial charge in [-0.3, -0.25) is 9.59 Å². The second-order valence-electron chi connectivity index (χ2n) is 6.48. The number of methoxy groups -OCH3 is 1. The number of aromatic amines is 1. The second kappa shape index (κ2) is 10.2. The molecule has 0 unspecified atom stereocenters. The summed E-state index contributed by atoms with van der Waals surface area (Å²) in [6.07, 6.45) is -4.98. The van der Waals surface area contributed by atoms with E-state index in [1.807, 2.05) is 24.3 Å². The first-order chi connectivity index (χ1) is 15.2. The molecule has 11 heteroatoms. The number of nitrogens with zero attached hydrogens (tertiary/aromatic N) is 1. The molecule has 3 rings (SSSR count). The zero-order valence-electron chi connectivity index (χ0n) is 16.7. The van der Waals surface area contributed by atoms with E-state index in [4.69, 9.17) is 4.74 Å². The van der Waals surface area contributed by atoms with Crippen LogP contribution in [0.2, 0.25) is 0 Å². The maximum absolute atomic E-state index is 12.3. The van der Waals surface area contributed by atoms with Crippen LogP contribution < -0.4 is 20.3 Å². The van der Waals surface area contributed by atoms with Crippen molar-refractivity contribution in [2.45, 2.75) is 23.7 Å². The number of halogens is 3. The molecular weight excluding hydrogens is 447 g/mol. The predicted octanol–water partition coefficient (Wildman–Crippen LogP) is 4.15. The quantitative estimate of drug-likeness (QED) is 0.384. The van der Waals surface area contributed by atoms with E-state index in [1.54, 1.807) is 7.11 Å². The molecule has 32 heavy (non-hydrogen) atoms. The van der Waals surface area contributed by atoms with Gasteiger partial charge >= 0.3 is 6.36 Å². The molecule has 0 bridgehead atoms. The number of rotatable bonds is 8. The van der Waals surface area contributed by atoms with Crippen molar-refractivity contribution in [1.29, 1.82) is 0 Å². The summed E-state index contributed by atoms with van der Waals surface area (Å²) in [7, 11) is 1.57. The van der Waals surface area contributed by atoms with Crippen LogP contribution in [0.1, 0.15) is 11.3 Å². The Morgan fingerprint density at radius 3 is 2.56 bits per heavy atom. The fourth-order valence-corrected chi connectivity index (χ4v) is 3.50. The number of ether oxygens (including phenoxy) is 2. The highest BCUT2D eigenvalue weighted by Crippen LogP contribution is 2.24. The van der Waals surface area contributed by atoms with Gasteiger partial charge in [-0.2, -0.15) is 0 Å². The van der Waals surface area contributed by atoms with Gasteiger partial charge < -0.3 is 19.8 Å². The molecule has 2 aromatic carbocycles. The van der Waals surface area contributed by atoms with Gasteiger partial charge in [0.1, 0.15) is 11.5 Å². The molecule has 7 nitrogen and oxygen atoms in total. The lowest BCUT2D eigenvalue weighted by Gasteiger charge is -2.10. The normalized spacial score (nSPS) is 11.1. The van der Waals surface area contributed by atoms with Gasteiger partial charge in [0.2, 0.25) is 5.91 Å². The van der Waals surface area contributed by atoms with Crippen LogP contribution in [0.3, 0.4) is 0 Å². The lowest BCUT2D eigenvalue weighted by molar-refractivity contribution is -0.274. The van der Waals surface area contributed by atoms with E-state index in [9.17, 15) is 22.8 Å². The number of H-pyrrole nitrogens is 1. The molecule has 0 aliphatic heterocycles. The molecule has 3 aromatic rings. The summed E-state index contributed by atoms with van der Waals surface area (Å²) in [6.45, 7) is 0. The number of amides is 1. The SMILES string of the molecule is COc1cccc(CSc2nc(CC(=O)Nc3ccc(OC(F)(F)F)cc3)cc(=O)[nH]2)c1. The minimum absolute atomic E-state index is 0.183. The van der Waals surface area contributed by atoms with Crippen molar-refractivity contribution in [3.05, 3.63) is 76.2 Å². The molecule has 2 N–H and O–H groups in total. The number of nitrogens with one attached hydrogen (secondary N) is 2. The van der Waals surface area contributed by atoms with E-state index >= 15 is 0 Å². The molecular formula is C21H18F3N3O4S. The molecule has 1 amide bonds. The maximum atomic E-state index is 12.3. The van der Waals surface area contributed by atoms with Crippen LogP contribution in [0.15, 0.2) is 64.5 Å². The number of carbonyl (C=O) groups is 1. The van der Waals surface area contributed by atoms with Crippen LogP contribution in [0.5, 0.6) is 11.5 Å². The molecule has 0 saturated carbocycles. The number of aromatic nitrogens is 2. The first-order valence-electron chi connectivity index (χ1n) is 9.22. The fourth-order valence-electron chi connectivity index (χ4n) is 2.67. The van der Waals surface area contributed by atoms with Crippen molar-refractivity contribution in [2.24, 2.45) is 0 Å². The number of anilines is 1. The third-order valence-corrected chi connectivity index (χ3v) is 4.94. The number of alkyl halides is 3. The summed E-state index contributed by atoms with van der Waals surface area (Å²) >= 11 is 1.30. The van der Waals surface area contributed by atoms with Crippen molar-refractivity contribution in [3.8, 4) is 11.5 Å². The van der Waals surface area contributed by atoms with Gasteiger partial charge in [-0.25, -0.2) is 4.98 Å². The molecule has 0 fully saturated rings. The van der Waals surface area contributed by atoms with E-state index < -0.39 is 23.6 Å². The summed E-state index contributed by atoms with van der Waals surface area (Å²) in [4.78, 5) is 31.1. The van der Waals surface area contributed by atoms with Crippen LogP contribution in [0, 0.1) is 0 Å². The summed E-state index contributed by atoms with van der Waals surface area (Å²) < 4.78 is 45.6. The number of hydrogen-bond donors (Lipinski definition) is 2. The Labute approximate surface area is 185 Å².